The Morgan fingerprint density at radius 2 is 2.00 bits per heavy atom. The van der Waals surface area contributed by atoms with Crippen molar-refractivity contribution >= 4 is 11.6 Å². The number of para-hydroxylation sites is 2. The van der Waals surface area contributed by atoms with Crippen molar-refractivity contribution in [2.24, 2.45) is 5.92 Å². The average molecular weight is 266 g/mol. The van der Waals surface area contributed by atoms with Crippen LogP contribution in [0.25, 0.3) is 0 Å². The minimum Gasteiger partial charge on any atom is -0.477 e. The highest BCUT2D eigenvalue weighted by Gasteiger charge is 2.16. The van der Waals surface area contributed by atoms with Gasteiger partial charge in [-0.05, 0) is 18.9 Å². The summed E-state index contributed by atoms with van der Waals surface area (Å²) in [7, 11) is 0. The second-order valence-corrected chi connectivity index (χ2v) is 4.61. The number of benzene rings is 1. The number of carbonyl (C=O) groups is 1. The van der Waals surface area contributed by atoms with E-state index in [1.165, 1.54) is 12.1 Å². The van der Waals surface area contributed by atoms with Gasteiger partial charge in [-0.2, -0.15) is 0 Å². The maximum atomic E-state index is 11.6. The predicted octanol–water partition coefficient (Wildman–Crippen LogP) is 2.13. The number of hydrogen-bond acceptors (Lipinski definition) is 4. The highest BCUT2D eigenvalue weighted by Crippen LogP contribution is 2.25. The Labute approximate surface area is 111 Å². The molecule has 6 nitrogen and oxygen atoms in total. The van der Waals surface area contributed by atoms with Crippen LogP contribution in [-0.2, 0) is 4.79 Å². The lowest BCUT2D eigenvalue weighted by Crippen LogP contribution is -2.38. The number of nitrogens with one attached hydrogen (secondary N) is 1. The van der Waals surface area contributed by atoms with E-state index in [0.29, 0.717) is 5.92 Å². The molecule has 0 aliphatic heterocycles. The number of amides is 1. The lowest BCUT2D eigenvalue weighted by molar-refractivity contribution is -0.385. The molecule has 0 fully saturated rings. The largest absolute Gasteiger partial charge is 0.477 e. The van der Waals surface area contributed by atoms with Crippen molar-refractivity contribution in [2.75, 3.05) is 6.61 Å². The summed E-state index contributed by atoms with van der Waals surface area (Å²) in [5, 5.41) is 13.5. The minimum absolute atomic E-state index is 0.0295. The van der Waals surface area contributed by atoms with E-state index in [2.05, 4.69) is 5.32 Å². The molecule has 19 heavy (non-hydrogen) atoms. The zero-order valence-corrected chi connectivity index (χ0v) is 11.3. The number of carbonyl (C=O) groups excluding carboxylic acids is 1. The number of rotatable bonds is 6. The lowest BCUT2D eigenvalue weighted by Gasteiger charge is -2.17. The Hall–Kier alpha value is -2.11. The Kier molecular flexibility index (Phi) is 5.29. The van der Waals surface area contributed by atoms with Crippen LogP contribution in [-0.4, -0.2) is 23.5 Å². The Bertz CT molecular complexity index is 460. The number of nitro benzene ring substituents is 1. The third kappa shape index (κ3) is 4.57. The maximum Gasteiger partial charge on any atom is 0.310 e. The predicted molar refractivity (Wildman–Crippen MR) is 71.0 cm³/mol. The van der Waals surface area contributed by atoms with E-state index in [1.807, 2.05) is 20.8 Å². The van der Waals surface area contributed by atoms with Gasteiger partial charge >= 0.3 is 5.69 Å². The molecular weight excluding hydrogens is 248 g/mol. The van der Waals surface area contributed by atoms with Gasteiger partial charge in [-0.1, -0.05) is 26.0 Å². The molecule has 1 atom stereocenters. The topological polar surface area (TPSA) is 81.5 Å². The van der Waals surface area contributed by atoms with Crippen molar-refractivity contribution in [3.05, 3.63) is 34.4 Å². The van der Waals surface area contributed by atoms with Gasteiger partial charge in [0.1, 0.15) is 0 Å². The van der Waals surface area contributed by atoms with Gasteiger partial charge in [-0.25, -0.2) is 0 Å². The van der Waals surface area contributed by atoms with Gasteiger partial charge in [-0.15, -0.1) is 0 Å². The molecule has 0 saturated carbocycles. The molecule has 0 heterocycles. The first-order valence-electron chi connectivity index (χ1n) is 6.07. The summed E-state index contributed by atoms with van der Waals surface area (Å²) in [4.78, 5) is 21.8. The molecule has 104 valence electrons. The third-order valence-electron chi connectivity index (χ3n) is 2.81. The van der Waals surface area contributed by atoms with Gasteiger partial charge in [0.05, 0.1) is 4.92 Å². The van der Waals surface area contributed by atoms with Crippen LogP contribution in [0.4, 0.5) is 5.69 Å². The zero-order valence-electron chi connectivity index (χ0n) is 11.3. The zero-order chi connectivity index (χ0) is 14.4. The molecule has 0 aliphatic rings. The first kappa shape index (κ1) is 14.9. The van der Waals surface area contributed by atoms with E-state index in [1.54, 1.807) is 12.1 Å². The molecule has 0 unspecified atom stereocenters. The van der Waals surface area contributed by atoms with Crippen LogP contribution >= 0.6 is 0 Å². The molecule has 1 aromatic rings. The van der Waals surface area contributed by atoms with E-state index in [0.717, 1.165) is 0 Å². The fourth-order valence-corrected chi connectivity index (χ4v) is 1.34. The van der Waals surface area contributed by atoms with Crippen molar-refractivity contribution in [3.63, 3.8) is 0 Å². The molecule has 1 amide bonds. The van der Waals surface area contributed by atoms with Crippen molar-refractivity contribution < 1.29 is 14.5 Å². The molecule has 0 aromatic heterocycles. The van der Waals surface area contributed by atoms with Crippen LogP contribution in [0.15, 0.2) is 24.3 Å². The van der Waals surface area contributed by atoms with Crippen molar-refractivity contribution in [1.82, 2.24) is 5.32 Å². The van der Waals surface area contributed by atoms with Crippen LogP contribution in [0, 0.1) is 16.0 Å². The molecular formula is C13H18N2O4. The molecule has 0 radical (unpaired) electrons. The second kappa shape index (κ2) is 6.72. The van der Waals surface area contributed by atoms with Crippen LogP contribution in [0.1, 0.15) is 20.8 Å². The number of nitrogens with zero attached hydrogens (tertiary/aromatic N) is 1. The van der Waals surface area contributed by atoms with Gasteiger partial charge in [0.15, 0.2) is 12.4 Å². The summed E-state index contributed by atoms with van der Waals surface area (Å²) in [6.07, 6.45) is 0. The first-order valence-corrected chi connectivity index (χ1v) is 6.07. The summed E-state index contributed by atoms with van der Waals surface area (Å²) >= 11 is 0. The summed E-state index contributed by atoms with van der Waals surface area (Å²) in [6, 6.07) is 6.01. The average Bonchev–Trinajstić information content (AvgIpc) is 2.36. The smallest absolute Gasteiger partial charge is 0.310 e. The Morgan fingerprint density at radius 3 is 2.58 bits per heavy atom. The number of ether oxygens (including phenoxy) is 1. The Morgan fingerprint density at radius 1 is 1.37 bits per heavy atom. The monoisotopic (exact) mass is 266 g/mol. The van der Waals surface area contributed by atoms with E-state index < -0.39 is 4.92 Å². The van der Waals surface area contributed by atoms with E-state index in [-0.39, 0.29) is 30.0 Å². The van der Waals surface area contributed by atoms with Crippen molar-refractivity contribution in [1.29, 1.82) is 0 Å². The molecule has 0 aliphatic carbocycles. The fourth-order valence-electron chi connectivity index (χ4n) is 1.34. The maximum absolute atomic E-state index is 11.6. The summed E-state index contributed by atoms with van der Waals surface area (Å²) < 4.78 is 5.19. The van der Waals surface area contributed by atoms with E-state index in [9.17, 15) is 14.9 Å². The van der Waals surface area contributed by atoms with Gasteiger partial charge in [0, 0.05) is 12.1 Å². The quantitative estimate of drug-likeness (QED) is 0.631. The van der Waals surface area contributed by atoms with Gasteiger partial charge < -0.3 is 10.1 Å². The van der Waals surface area contributed by atoms with Crippen LogP contribution in [0.3, 0.4) is 0 Å². The lowest BCUT2D eigenvalue weighted by atomic mass is 10.1. The summed E-state index contributed by atoms with van der Waals surface area (Å²) in [6.45, 7) is 5.65. The van der Waals surface area contributed by atoms with Gasteiger partial charge in [0.2, 0.25) is 0 Å². The van der Waals surface area contributed by atoms with Crippen LogP contribution in [0.5, 0.6) is 5.75 Å². The minimum atomic E-state index is -0.538. The SMILES string of the molecule is CC(C)[C@@H](C)NC(=O)COc1ccccc1[N+](=O)[O-]. The number of nitro groups is 1. The van der Waals surface area contributed by atoms with Crippen molar-refractivity contribution in [2.45, 2.75) is 26.8 Å². The third-order valence-corrected chi connectivity index (χ3v) is 2.81. The fraction of sp³-hybridized carbons (Fsp3) is 0.462. The van der Waals surface area contributed by atoms with Crippen molar-refractivity contribution in [3.8, 4) is 5.75 Å². The molecule has 0 saturated heterocycles. The first-order chi connectivity index (χ1) is 8.91. The Balaban J connectivity index is 2.58. The second-order valence-electron chi connectivity index (χ2n) is 4.61. The number of hydrogen-bond donors (Lipinski definition) is 1. The highest BCUT2D eigenvalue weighted by atomic mass is 16.6. The van der Waals surface area contributed by atoms with E-state index in [4.69, 9.17) is 4.74 Å². The molecule has 1 aromatic carbocycles. The molecule has 1 rings (SSSR count). The summed E-state index contributed by atoms with van der Waals surface area (Å²) in [5.74, 6) is 0.120. The summed E-state index contributed by atoms with van der Waals surface area (Å²) in [5.41, 5.74) is -0.146. The van der Waals surface area contributed by atoms with Crippen LogP contribution < -0.4 is 10.1 Å². The standard InChI is InChI=1S/C13H18N2O4/c1-9(2)10(3)14-13(16)8-19-12-7-5-4-6-11(12)15(17)18/h4-7,9-10H,8H2,1-3H3,(H,14,16)/t10-/m1/s1. The molecule has 0 bridgehead atoms. The molecule has 0 spiro atoms. The van der Waals surface area contributed by atoms with Crippen LogP contribution in [0.2, 0.25) is 0 Å². The molecule has 6 heteroatoms. The highest BCUT2D eigenvalue weighted by molar-refractivity contribution is 5.78. The van der Waals surface area contributed by atoms with Gasteiger partial charge in [-0.3, -0.25) is 14.9 Å². The van der Waals surface area contributed by atoms with E-state index >= 15 is 0 Å². The van der Waals surface area contributed by atoms with Gasteiger partial charge in [0.25, 0.3) is 5.91 Å². The molecule has 1 N–H and O–H groups in total. The normalized spacial score (nSPS) is 12.0.